The third-order valence-corrected chi connectivity index (χ3v) is 3.08. The van der Waals surface area contributed by atoms with Crippen molar-refractivity contribution in [3.05, 3.63) is 60.2 Å². The van der Waals surface area contributed by atoms with Crippen LogP contribution in [0.1, 0.15) is 19.4 Å². The first-order valence-electron chi connectivity index (χ1n) is 7.37. The van der Waals surface area contributed by atoms with Gasteiger partial charge < -0.3 is 4.74 Å². The number of ether oxygens (including phenoxy) is 1. The Bertz CT molecular complexity index is 619. The van der Waals surface area contributed by atoms with Gasteiger partial charge in [0.1, 0.15) is 0 Å². The Morgan fingerprint density at radius 2 is 1.55 bits per heavy atom. The quantitative estimate of drug-likeness (QED) is 0.565. The van der Waals surface area contributed by atoms with Gasteiger partial charge in [-0.15, -0.1) is 0 Å². The maximum atomic E-state index is 11.4. The van der Waals surface area contributed by atoms with Crippen LogP contribution in [0, 0.1) is 5.92 Å². The highest BCUT2D eigenvalue weighted by molar-refractivity contribution is 5.71. The highest BCUT2D eigenvalue weighted by Gasteiger charge is 2.07. The average Bonchev–Trinajstić information content (AvgIpc) is 2.55. The number of nitrogens with zero attached hydrogens (tertiary/aromatic N) is 2. The maximum Gasteiger partial charge on any atom is 0.308 e. The van der Waals surface area contributed by atoms with Crippen molar-refractivity contribution >= 4 is 17.3 Å². The van der Waals surface area contributed by atoms with E-state index in [1.54, 1.807) is 0 Å². The van der Waals surface area contributed by atoms with Crippen LogP contribution < -0.4 is 0 Å². The van der Waals surface area contributed by atoms with Crippen LogP contribution in [0.5, 0.6) is 0 Å². The minimum atomic E-state index is -0.159. The van der Waals surface area contributed by atoms with E-state index in [0.717, 1.165) is 16.9 Å². The third-order valence-electron chi connectivity index (χ3n) is 3.08. The fourth-order valence-electron chi connectivity index (χ4n) is 1.78. The van der Waals surface area contributed by atoms with E-state index in [4.69, 9.17) is 4.74 Å². The Kier molecular flexibility index (Phi) is 5.83. The molecule has 0 amide bonds. The van der Waals surface area contributed by atoms with Crippen molar-refractivity contribution in [3.63, 3.8) is 0 Å². The van der Waals surface area contributed by atoms with E-state index in [1.165, 1.54) is 0 Å². The molecule has 0 fully saturated rings. The van der Waals surface area contributed by atoms with E-state index in [9.17, 15) is 4.79 Å². The zero-order valence-electron chi connectivity index (χ0n) is 12.9. The van der Waals surface area contributed by atoms with Crippen LogP contribution in [0.3, 0.4) is 0 Å². The van der Waals surface area contributed by atoms with Crippen molar-refractivity contribution in [2.45, 2.75) is 20.3 Å². The molecule has 4 nitrogen and oxygen atoms in total. The normalized spacial score (nSPS) is 11.0. The molecule has 0 aliphatic carbocycles. The minimum Gasteiger partial charge on any atom is -0.465 e. The molecule has 2 aromatic rings. The molecule has 4 heteroatoms. The lowest BCUT2D eigenvalue weighted by atomic mass is 10.1. The van der Waals surface area contributed by atoms with Gasteiger partial charge in [0.15, 0.2) is 0 Å². The van der Waals surface area contributed by atoms with Crippen LogP contribution >= 0.6 is 0 Å². The van der Waals surface area contributed by atoms with Gasteiger partial charge in [0.05, 0.1) is 23.9 Å². The summed E-state index contributed by atoms with van der Waals surface area (Å²) in [5.41, 5.74) is 2.73. The van der Waals surface area contributed by atoms with Crippen LogP contribution in [0.15, 0.2) is 64.8 Å². The zero-order chi connectivity index (χ0) is 15.8. The van der Waals surface area contributed by atoms with Gasteiger partial charge in [-0.1, -0.05) is 44.2 Å². The Morgan fingerprint density at radius 1 is 0.955 bits per heavy atom. The monoisotopic (exact) mass is 296 g/mol. The van der Waals surface area contributed by atoms with E-state index in [0.29, 0.717) is 13.0 Å². The molecule has 0 N–H and O–H groups in total. The molecule has 0 saturated carbocycles. The van der Waals surface area contributed by atoms with E-state index in [-0.39, 0.29) is 11.9 Å². The van der Waals surface area contributed by atoms with E-state index < -0.39 is 0 Å². The van der Waals surface area contributed by atoms with Crippen LogP contribution in [0.25, 0.3) is 0 Å². The van der Waals surface area contributed by atoms with Gasteiger partial charge in [0.25, 0.3) is 0 Å². The number of benzene rings is 2. The molecule has 0 aromatic heterocycles. The lowest BCUT2D eigenvalue weighted by molar-refractivity contribution is -0.147. The first-order valence-corrected chi connectivity index (χ1v) is 7.37. The predicted octanol–water partition coefficient (Wildman–Crippen LogP) is 4.84. The van der Waals surface area contributed by atoms with Gasteiger partial charge in [-0.05, 0) is 29.8 Å². The molecule has 0 saturated heterocycles. The summed E-state index contributed by atoms with van der Waals surface area (Å²) in [7, 11) is 0. The lowest BCUT2D eigenvalue weighted by Gasteiger charge is -2.07. The smallest absolute Gasteiger partial charge is 0.308 e. The second kappa shape index (κ2) is 8.08. The summed E-state index contributed by atoms with van der Waals surface area (Å²) in [6.07, 6.45) is 0.703. The number of esters is 1. The maximum absolute atomic E-state index is 11.4. The molecule has 0 radical (unpaired) electrons. The molecule has 0 atom stereocenters. The standard InChI is InChI=1S/C18H20N2O2/c1-14(2)18(21)22-13-12-15-8-10-17(11-9-15)20-19-16-6-4-3-5-7-16/h3-11,14H,12-13H2,1-2H3. The molecule has 22 heavy (non-hydrogen) atoms. The van der Waals surface area contributed by atoms with E-state index >= 15 is 0 Å². The number of hydrogen-bond donors (Lipinski definition) is 0. The average molecular weight is 296 g/mol. The van der Waals surface area contributed by atoms with Crippen molar-refractivity contribution in [1.82, 2.24) is 0 Å². The molecule has 0 aliphatic heterocycles. The predicted molar refractivity (Wildman–Crippen MR) is 86.6 cm³/mol. The number of carbonyl (C=O) groups excluding carboxylic acids is 1. The number of rotatable bonds is 6. The van der Waals surface area contributed by atoms with Crippen LogP contribution in [0.4, 0.5) is 11.4 Å². The molecule has 0 unspecified atom stereocenters. The second-order valence-electron chi connectivity index (χ2n) is 5.27. The summed E-state index contributed by atoms with van der Waals surface area (Å²) in [5.74, 6) is -0.242. The molecule has 2 rings (SSSR count). The molecule has 114 valence electrons. The van der Waals surface area contributed by atoms with Crippen molar-refractivity contribution in [3.8, 4) is 0 Å². The molecule has 0 heterocycles. The number of azo groups is 1. The van der Waals surface area contributed by atoms with E-state index in [1.807, 2.05) is 68.4 Å². The molecule has 0 spiro atoms. The Morgan fingerprint density at radius 3 is 2.14 bits per heavy atom. The van der Waals surface area contributed by atoms with Crippen LogP contribution in [-0.2, 0) is 16.0 Å². The van der Waals surface area contributed by atoms with Gasteiger partial charge >= 0.3 is 5.97 Å². The Labute approximate surface area is 130 Å². The fourth-order valence-corrected chi connectivity index (χ4v) is 1.78. The Balaban J connectivity index is 1.85. The molecule has 0 aliphatic rings. The first kappa shape index (κ1) is 15.9. The lowest BCUT2D eigenvalue weighted by Crippen LogP contribution is -2.13. The molecular weight excluding hydrogens is 276 g/mol. The van der Waals surface area contributed by atoms with Crippen molar-refractivity contribution in [1.29, 1.82) is 0 Å². The number of hydrogen-bond acceptors (Lipinski definition) is 4. The van der Waals surface area contributed by atoms with Crippen LogP contribution in [-0.4, -0.2) is 12.6 Å². The molecular formula is C18H20N2O2. The van der Waals surface area contributed by atoms with Gasteiger partial charge in [0.2, 0.25) is 0 Å². The van der Waals surface area contributed by atoms with Gasteiger partial charge in [-0.2, -0.15) is 10.2 Å². The topological polar surface area (TPSA) is 51.0 Å². The van der Waals surface area contributed by atoms with Crippen molar-refractivity contribution in [2.24, 2.45) is 16.1 Å². The summed E-state index contributed by atoms with van der Waals surface area (Å²) in [5, 5.41) is 8.36. The van der Waals surface area contributed by atoms with Gasteiger partial charge in [-0.25, -0.2) is 0 Å². The largest absolute Gasteiger partial charge is 0.465 e. The van der Waals surface area contributed by atoms with Gasteiger partial charge in [0, 0.05) is 6.42 Å². The highest BCUT2D eigenvalue weighted by atomic mass is 16.5. The van der Waals surface area contributed by atoms with Crippen molar-refractivity contribution < 1.29 is 9.53 Å². The summed E-state index contributed by atoms with van der Waals surface area (Å²) in [4.78, 5) is 11.4. The SMILES string of the molecule is CC(C)C(=O)OCCc1ccc(N=Nc2ccccc2)cc1. The summed E-state index contributed by atoms with van der Waals surface area (Å²) in [6.45, 7) is 4.06. The Hall–Kier alpha value is -2.49. The third kappa shape index (κ3) is 5.13. The highest BCUT2D eigenvalue weighted by Crippen LogP contribution is 2.18. The minimum absolute atomic E-state index is 0.0826. The van der Waals surface area contributed by atoms with E-state index in [2.05, 4.69) is 10.2 Å². The first-order chi connectivity index (χ1) is 10.6. The van der Waals surface area contributed by atoms with Gasteiger partial charge in [-0.3, -0.25) is 4.79 Å². The molecule has 2 aromatic carbocycles. The fraction of sp³-hybridized carbons (Fsp3) is 0.278. The summed E-state index contributed by atoms with van der Waals surface area (Å²) < 4.78 is 5.16. The van der Waals surface area contributed by atoms with Crippen LogP contribution in [0.2, 0.25) is 0 Å². The molecule has 0 bridgehead atoms. The summed E-state index contributed by atoms with van der Waals surface area (Å²) in [6, 6.07) is 17.4. The second-order valence-corrected chi connectivity index (χ2v) is 5.27. The zero-order valence-corrected chi connectivity index (χ0v) is 12.9. The number of carbonyl (C=O) groups is 1. The summed E-state index contributed by atoms with van der Waals surface area (Å²) >= 11 is 0. The van der Waals surface area contributed by atoms with Crippen molar-refractivity contribution in [2.75, 3.05) is 6.61 Å².